The van der Waals surface area contributed by atoms with Crippen molar-refractivity contribution < 1.29 is 4.74 Å². The fourth-order valence-corrected chi connectivity index (χ4v) is 2.00. The Hall–Kier alpha value is -1.82. The van der Waals surface area contributed by atoms with Crippen molar-refractivity contribution in [3.8, 4) is 5.75 Å². The molecule has 0 fully saturated rings. The molecule has 19 heavy (non-hydrogen) atoms. The molecule has 2 aromatic rings. The van der Waals surface area contributed by atoms with Crippen LogP contribution in [0.25, 0.3) is 0 Å². The summed E-state index contributed by atoms with van der Waals surface area (Å²) >= 11 is 1.41. The molecule has 0 aliphatic heterocycles. The molecule has 1 N–H and O–H groups in total. The van der Waals surface area contributed by atoms with Crippen molar-refractivity contribution in [3.63, 3.8) is 0 Å². The summed E-state index contributed by atoms with van der Waals surface area (Å²) in [6, 6.07) is 7.89. The van der Waals surface area contributed by atoms with Gasteiger partial charge in [-0.15, -0.1) is 10.2 Å². The molecule has 6 heteroatoms. The van der Waals surface area contributed by atoms with E-state index >= 15 is 0 Å². The van der Waals surface area contributed by atoms with Gasteiger partial charge in [0.2, 0.25) is 0 Å². The highest BCUT2D eigenvalue weighted by molar-refractivity contribution is 7.99. The van der Waals surface area contributed by atoms with Crippen LogP contribution in [-0.2, 0) is 0 Å². The van der Waals surface area contributed by atoms with Gasteiger partial charge in [-0.05, 0) is 26.0 Å². The van der Waals surface area contributed by atoms with E-state index in [0.717, 1.165) is 5.75 Å². The van der Waals surface area contributed by atoms with Crippen molar-refractivity contribution >= 4 is 11.8 Å². The first kappa shape index (κ1) is 13.6. The van der Waals surface area contributed by atoms with E-state index in [0.29, 0.717) is 23.2 Å². The summed E-state index contributed by atoms with van der Waals surface area (Å²) in [5.74, 6) is 1.54. The minimum atomic E-state index is -0.197. The zero-order valence-corrected chi connectivity index (χ0v) is 11.7. The zero-order valence-electron chi connectivity index (χ0n) is 10.8. The van der Waals surface area contributed by atoms with Gasteiger partial charge in [-0.1, -0.05) is 29.5 Å². The highest BCUT2D eigenvalue weighted by Gasteiger charge is 2.01. The first-order valence-electron chi connectivity index (χ1n) is 5.91. The maximum absolute atomic E-state index is 11.3. The van der Waals surface area contributed by atoms with Crippen LogP contribution in [0.5, 0.6) is 5.75 Å². The number of benzene rings is 1. The van der Waals surface area contributed by atoms with Crippen LogP contribution in [0, 0.1) is 13.8 Å². The van der Waals surface area contributed by atoms with Gasteiger partial charge in [0.05, 0.1) is 6.61 Å². The van der Waals surface area contributed by atoms with E-state index in [1.165, 1.54) is 17.3 Å². The number of hydrogen-bond acceptors (Lipinski definition) is 5. The third kappa shape index (κ3) is 4.10. The number of aryl methyl sites for hydroxylation is 2. The van der Waals surface area contributed by atoms with E-state index in [-0.39, 0.29) is 5.56 Å². The van der Waals surface area contributed by atoms with Crippen LogP contribution in [0.3, 0.4) is 0 Å². The zero-order chi connectivity index (χ0) is 13.7. The van der Waals surface area contributed by atoms with E-state index in [4.69, 9.17) is 4.74 Å². The predicted octanol–water partition coefficient (Wildman–Crippen LogP) is 1.95. The minimum absolute atomic E-state index is 0.197. The van der Waals surface area contributed by atoms with Gasteiger partial charge in [-0.25, -0.2) is 0 Å². The maximum atomic E-state index is 11.3. The molecule has 0 saturated heterocycles. The molecule has 0 radical (unpaired) electrons. The molecule has 0 aliphatic rings. The van der Waals surface area contributed by atoms with E-state index in [1.807, 2.05) is 31.2 Å². The van der Waals surface area contributed by atoms with Gasteiger partial charge in [0.1, 0.15) is 11.4 Å². The fraction of sp³-hybridized carbons (Fsp3) is 0.308. The average Bonchev–Trinajstić information content (AvgIpc) is 2.41. The molecule has 1 heterocycles. The number of nitrogens with one attached hydrogen (secondary N) is 1. The van der Waals surface area contributed by atoms with E-state index in [1.54, 1.807) is 6.92 Å². The van der Waals surface area contributed by atoms with Crippen LogP contribution in [0.4, 0.5) is 0 Å². The molecule has 0 bridgehead atoms. The van der Waals surface area contributed by atoms with E-state index in [2.05, 4.69) is 15.2 Å². The monoisotopic (exact) mass is 277 g/mol. The standard InChI is InChI=1S/C13H15N3O2S/c1-9-3-5-11(6-4-9)18-7-8-19-13-14-12(17)10(2)15-16-13/h3-6H,7-8H2,1-2H3,(H,14,16,17). The van der Waals surface area contributed by atoms with Gasteiger partial charge in [0.25, 0.3) is 5.56 Å². The van der Waals surface area contributed by atoms with Crippen molar-refractivity contribution in [2.24, 2.45) is 0 Å². The number of ether oxygens (including phenoxy) is 1. The Balaban J connectivity index is 1.79. The van der Waals surface area contributed by atoms with Gasteiger partial charge in [-0.2, -0.15) is 0 Å². The second-order valence-corrected chi connectivity index (χ2v) is 5.14. The Kier molecular flexibility index (Phi) is 4.57. The van der Waals surface area contributed by atoms with Gasteiger partial charge < -0.3 is 4.74 Å². The summed E-state index contributed by atoms with van der Waals surface area (Å²) < 4.78 is 5.58. The number of H-pyrrole nitrogens is 1. The molecule has 5 nitrogen and oxygen atoms in total. The molecule has 1 aromatic heterocycles. The van der Waals surface area contributed by atoms with Gasteiger partial charge in [0.15, 0.2) is 5.16 Å². The van der Waals surface area contributed by atoms with Crippen molar-refractivity contribution in [1.29, 1.82) is 0 Å². The number of nitrogens with zero attached hydrogens (tertiary/aromatic N) is 2. The fourth-order valence-electron chi connectivity index (χ4n) is 1.38. The molecule has 0 saturated carbocycles. The SMILES string of the molecule is Cc1ccc(OCCSc2nnc(C)c(=O)[nH]2)cc1. The summed E-state index contributed by atoms with van der Waals surface area (Å²) in [5, 5.41) is 8.18. The second kappa shape index (κ2) is 6.38. The van der Waals surface area contributed by atoms with Gasteiger partial charge in [-0.3, -0.25) is 9.78 Å². The van der Waals surface area contributed by atoms with Crippen LogP contribution in [0.15, 0.2) is 34.2 Å². The van der Waals surface area contributed by atoms with Crippen molar-refractivity contribution in [1.82, 2.24) is 15.2 Å². The number of aromatic nitrogens is 3. The molecule has 0 unspecified atom stereocenters. The van der Waals surface area contributed by atoms with Crippen LogP contribution in [0.1, 0.15) is 11.3 Å². The lowest BCUT2D eigenvalue weighted by Crippen LogP contribution is -2.14. The first-order valence-corrected chi connectivity index (χ1v) is 6.89. The Labute approximate surface area is 115 Å². The topological polar surface area (TPSA) is 67.9 Å². The number of rotatable bonds is 5. The Morgan fingerprint density at radius 2 is 1.95 bits per heavy atom. The lowest BCUT2D eigenvalue weighted by molar-refractivity contribution is 0.344. The maximum Gasteiger partial charge on any atom is 0.273 e. The summed E-state index contributed by atoms with van der Waals surface area (Å²) in [6.45, 7) is 4.21. The highest BCUT2D eigenvalue weighted by Crippen LogP contribution is 2.13. The van der Waals surface area contributed by atoms with Gasteiger partial charge >= 0.3 is 0 Å². The molecule has 0 atom stereocenters. The molecule has 2 rings (SSSR count). The van der Waals surface area contributed by atoms with Gasteiger partial charge in [0, 0.05) is 5.75 Å². The molecule has 100 valence electrons. The molecular weight excluding hydrogens is 262 g/mol. The molecular formula is C13H15N3O2S. The summed E-state index contributed by atoms with van der Waals surface area (Å²) in [6.07, 6.45) is 0. The Bertz CT molecular complexity index is 596. The summed E-state index contributed by atoms with van der Waals surface area (Å²) in [7, 11) is 0. The summed E-state index contributed by atoms with van der Waals surface area (Å²) in [4.78, 5) is 14.0. The lowest BCUT2D eigenvalue weighted by Gasteiger charge is -2.05. The van der Waals surface area contributed by atoms with Crippen LogP contribution in [0.2, 0.25) is 0 Å². The van der Waals surface area contributed by atoms with Crippen LogP contribution in [-0.4, -0.2) is 27.5 Å². The molecule has 0 spiro atoms. The minimum Gasteiger partial charge on any atom is -0.493 e. The van der Waals surface area contributed by atoms with Crippen molar-refractivity contribution in [2.75, 3.05) is 12.4 Å². The summed E-state index contributed by atoms with van der Waals surface area (Å²) in [5.41, 5.74) is 1.38. The number of aromatic amines is 1. The largest absolute Gasteiger partial charge is 0.493 e. The van der Waals surface area contributed by atoms with Crippen LogP contribution >= 0.6 is 11.8 Å². The third-order valence-corrected chi connectivity index (χ3v) is 3.28. The Morgan fingerprint density at radius 3 is 2.63 bits per heavy atom. The third-order valence-electron chi connectivity index (χ3n) is 2.45. The second-order valence-electron chi connectivity index (χ2n) is 4.05. The first-order chi connectivity index (χ1) is 9.15. The average molecular weight is 277 g/mol. The highest BCUT2D eigenvalue weighted by atomic mass is 32.2. The molecule has 0 amide bonds. The quantitative estimate of drug-likeness (QED) is 0.668. The lowest BCUT2D eigenvalue weighted by atomic mass is 10.2. The van der Waals surface area contributed by atoms with Crippen LogP contribution < -0.4 is 10.3 Å². The number of thioether (sulfide) groups is 1. The smallest absolute Gasteiger partial charge is 0.273 e. The normalized spacial score (nSPS) is 10.4. The molecule has 0 aliphatic carbocycles. The van der Waals surface area contributed by atoms with E-state index < -0.39 is 0 Å². The Morgan fingerprint density at radius 1 is 1.21 bits per heavy atom. The predicted molar refractivity (Wildman–Crippen MR) is 74.8 cm³/mol. The van der Waals surface area contributed by atoms with Crippen molar-refractivity contribution in [3.05, 3.63) is 45.9 Å². The van der Waals surface area contributed by atoms with E-state index in [9.17, 15) is 4.79 Å². The number of hydrogen-bond donors (Lipinski definition) is 1. The molecule has 1 aromatic carbocycles. The van der Waals surface area contributed by atoms with Crippen molar-refractivity contribution in [2.45, 2.75) is 19.0 Å².